The lowest BCUT2D eigenvalue weighted by Crippen LogP contribution is -2.26. The number of rotatable bonds is 6. The van der Waals surface area contributed by atoms with Gasteiger partial charge in [0.2, 0.25) is 0 Å². The quantitative estimate of drug-likeness (QED) is 0.682. The highest BCUT2D eigenvalue weighted by Crippen LogP contribution is 2.31. The summed E-state index contributed by atoms with van der Waals surface area (Å²) in [7, 11) is 1.65. The lowest BCUT2D eigenvalue weighted by atomic mass is 10.0. The van der Waals surface area contributed by atoms with Gasteiger partial charge in [-0.15, -0.1) is 11.3 Å². The highest BCUT2D eigenvalue weighted by Gasteiger charge is 2.16. The maximum absolute atomic E-state index is 13.1. The van der Waals surface area contributed by atoms with E-state index in [-0.39, 0.29) is 5.56 Å². The number of benzene rings is 1. The molecule has 3 rings (SSSR count). The number of hydrogen-bond donors (Lipinski definition) is 0. The summed E-state index contributed by atoms with van der Waals surface area (Å²) in [5, 5.41) is 2.76. The molecule has 0 saturated carbocycles. The number of thiophene rings is 1. The van der Waals surface area contributed by atoms with Crippen LogP contribution in [0.4, 0.5) is 0 Å². The normalized spacial score (nSPS) is 11.3. The van der Waals surface area contributed by atoms with Crippen LogP contribution in [0.15, 0.2) is 34.4 Å². The summed E-state index contributed by atoms with van der Waals surface area (Å²) in [6.07, 6.45) is 1.74. The maximum atomic E-state index is 13.1. The maximum Gasteiger partial charge on any atom is 0.262 e. The van der Waals surface area contributed by atoms with Gasteiger partial charge in [0.05, 0.1) is 18.5 Å². The number of aryl methyl sites for hydroxylation is 2. The Hall–Kier alpha value is -1.98. The molecule has 0 N–H and O–H groups in total. The molecule has 0 radical (unpaired) electrons. The second-order valence-corrected chi connectivity index (χ2v) is 6.57. The smallest absolute Gasteiger partial charge is 0.262 e. The van der Waals surface area contributed by atoms with E-state index in [0.29, 0.717) is 13.2 Å². The molecule has 5 heteroatoms. The molecule has 2 aromatic heterocycles. The summed E-state index contributed by atoms with van der Waals surface area (Å²) in [6.45, 7) is 5.20. The van der Waals surface area contributed by atoms with Gasteiger partial charge in [0.25, 0.3) is 5.56 Å². The van der Waals surface area contributed by atoms with Crippen LogP contribution < -0.4 is 5.56 Å². The first-order valence-corrected chi connectivity index (χ1v) is 9.16. The van der Waals surface area contributed by atoms with Crippen molar-refractivity contribution in [2.75, 3.05) is 13.7 Å². The van der Waals surface area contributed by atoms with E-state index in [9.17, 15) is 4.79 Å². The fourth-order valence-corrected chi connectivity index (χ4v) is 3.84. The van der Waals surface area contributed by atoms with Crippen LogP contribution in [0.1, 0.15) is 25.2 Å². The molecular formula is C19H22N2O2S. The zero-order chi connectivity index (χ0) is 17.1. The molecule has 0 aliphatic rings. The monoisotopic (exact) mass is 342 g/mol. The Morgan fingerprint density at radius 3 is 2.54 bits per heavy atom. The van der Waals surface area contributed by atoms with Gasteiger partial charge in [-0.3, -0.25) is 9.36 Å². The summed E-state index contributed by atoms with van der Waals surface area (Å²) in [4.78, 5) is 18.6. The van der Waals surface area contributed by atoms with Crippen LogP contribution in [0.2, 0.25) is 0 Å². The minimum absolute atomic E-state index is 0.0321. The van der Waals surface area contributed by atoms with E-state index in [1.54, 1.807) is 11.7 Å². The SMILES string of the molecule is CCc1ccc(-c2csc3nc(CC)n(CCOC)c(=O)c23)cc1. The van der Waals surface area contributed by atoms with Gasteiger partial charge < -0.3 is 4.74 Å². The second kappa shape index (κ2) is 7.28. The van der Waals surface area contributed by atoms with E-state index in [1.165, 1.54) is 16.9 Å². The fourth-order valence-electron chi connectivity index (χ4n) is 2.88. The Balaban J connectivity index is 2.17. The zero-order valence-corrected chi connectivity index (χ0v) is 15.2. The molecule has 0 fully saturated rings. The molecule has 24 heavy (non-hydrogen) atoms. The van der Waals surface area contributed by atoms with E-state index < -0.39 is 0 Å². The predicted octanol–water partition coefficient (Wildman–Crippen LogP) is 3.90. The Kier molecular flexibility index (Phi) is 5.11. The van der Waals surface area contributed by atoms with Crippen molar-refractivity contribution in [3.63, 3.8) is 0 Å². The third-order valence-electron chi connectivity index (χ3n) is 4.28. The summed E-state index contributed by atoms with van der Waals surface area (Å²) >= 11 is 1.54. The minimum atomic E-state index is 0.0321. The molecule has 0 amide bonds. The summed E-state index contributed by atoms with van der Waals surface area (Å²) in [5.74, 6) is 0.819. The Morgan fingerprint density at radius 1 is 1.17 bits per heavy atom. The lowest BCUT2D eigenvalue weighted by Gasteiger charge is -2.11. The van der Waals surface area contributed by atoms with Crippen LogP contribution >= 0.6 is 11.3 Å². The van der Waals surface area contributed by atoms with Gasteiger partial charge in [-0.25, -0.2) is 4.98 Å². The largest absolute Gasteiger partial charge is 0.383 e. The average molecular weight is 342 g/mol. The molecule has 0 atom stereocenters. The predicted molar refractivity (Wildman–Crippen MR) is 99.9 cm³/mol. The van der Waals surface area contributed by atoms with Crippen LogP contribution in [-0.2, 0) is 24.1 Å². The highest BCUT2D eigenvalue weighted by molar-refractivity contribution is 7.17. The second-order valence-electron chi connectivity index (χ2n) is 5.71. The number of fused-ring (bicyclic) bond motifs is 1. The number of methoxy groups -OCH3 is 1. The van der Waals surface area contributed by atoms with Crippen molar-refractivity contribution >= 4 is 21.6 Å². The molecule has 2 heterocycles. The van der Waals surface area contributed by atoms with Crippen LogP contribution in [0, 0.1) is 0 Å². The van der Waals surface area contributed by atoms with Gasteiger partial charge in [-0.1, -0.05) is 38.1 Å². The van der Waals surface area contributed by atoms with Crippen LogP contribution in [0.5, 0.6) is 0 Å². The summed E-state index contributed by atoms with van der Waals surface area (Å²) in [6, 6.07) is 8.42. The van der Waals surface area contributed by atoms with E-state index in [2.05, 4.69) is 31.2 Å². The van der Waals surface area contributed by atoms with Crippen molar-refractivity contribution in [3.05, 3.63) is 51.4 Å². The van der Waals surface area contributed by atoms with Crippen molar-refractivity contribution in [1.29, 1.82) is 0 Å². The van der Waals surface area contributed by atoms with E-state index >= 15 is 0 Å². The third-order valence-corrected chi connectivity index (χ3v) is 5.15. The number of nitrogens with zero attached hydrogens (tertiary/aromatic N) is 2. The minimum Gasteiger partial charge on any atom is -0.383 e. The molecule has 0 bridgehead atoms. The molecule has 1 aromatic carbocycles. The van der Waals surface area contributed by atoms with Crippen molar-refractivity contribution in [3.8, 4) is 11.1 Å². The average Bonchev–Trinajstić information content (AvgIpc) is 3.05. The summed E-state index contributed by atoms with van der Waals surface area (Å²) in [5.41, 5.74) is 3.37. The van der Waals surface area contributed by atoms with Crippen LogP contribution in [0.3, 0.4) is 0 Å². The Morgan fingerprint density at radius 2 is 1.92 bits per heavy atom. The van der Waals surface area contributed by atoms with E-state index in [0.717, 1.165) is 40.0 Å². The molecule has 126 valence electrons. The Labute approximate surface area is 145 Å². The highest BCUT2D eigenvalue weighted by atomic mass is 32.1. The Bertz CT molecular complexity index is 894. The van der Waals surface area contributed by atoms with Gasteiger partial charge >= 0.3 is 0 Å². The van der Waals surface area contributed by atoms with Gasteiger partial charge in [0.1, 0.15) is 10.7 Å². The van der Waals surface area contributed by atoms with Crippen molar-refractivity contribution < 1.29 is 4.74 Å². The van der Waals surface area contributed by atoms with Crippen molar-refractivity contribution in [2.45, 2.75) is 33.2 Å². The molecule has 4 nitrogen and oxygen atoms in total. The van der Waals surface area contributed by atoms with Gasteiger partial charge in [-0.05, 0) is 17.5 Å². The van der Waals surface area contributed by atoms with Crippen LogP contribution in [-0.4, -0.2) is 23.3 Å². The summed E-state index contributed by atoms with van der Waals surface area (Å²) < 4.78 is 6.90. The molecule has 0 saturated heterocycles. The molecule has 0 unspecified atom stereocenters. The lowest BCUT2D eigenvalue weighted by molar-refractivity contribution is 0.185. The standard InChI is InChI=1S/C19H22N2O2S/c1-4-13-6-8-14(9-7-13)15-12-24-18-17(15)19(22)21(10-11-23-3)16(5-2)20-18/h6-9,12H,4-5,10-11H2,1-3H3. The van der Waals surface area contributed by atoms with Gasteiger partial charge in [-0.2, -0.15) is 0 Å². The van der Waals surface area contributed by atoms with Gasteiger partial charge in [0, 0.05) is 24.5 Å². The number of hydrogen-bond acceptors (Lipinski definition) is 4. The zero-order valence-electron chi connectivity index (χ0n) is 14.3. The van der Waals surface area contributed by atoms with Crippen LogP contribution in [0.25, 0.3) is 21.3 Å². The third kappa shape index (κ3) is 3.01. The van der Waals surface area contributed by atoms with E-state index in [4.69, 9.17) is 9.72 Å². The molecule has 3 aromatic rings. The first-order valence-electron chi connectivity index (χ1n) is 8.28. The molecular weight excluding hydrogens is 320 g/mol. The fraction of sp³-hybridized carbons (Fsp3) is 0.368. The first-order chi connectivity index (χ1) is 11.7. The topological polar surface area (TPSA) is 44.1 Å². The number of aromatic nitrogens is 2. The van der Waals surface area contributed by atoms with Crippen molar-refractivity contribution in [2.24, 2.45) is 0 Å². The molecule has 0 spiro atoms. The van der Waals surface area contributed by atoms with Gasteiger partial charge in [0.15, 0.2) is 0 Å². The molecule has 0 aliphatic carbocycles. The first kappa shape index (κ1) is 16.9. The van der Waals surface area contributed by atoms with Crippen molar-refractivity contribution in [1.82, 2.24) is 9.55 Å². The number of ether oxygens (including phenoxy) is 1. The van der Waals surface area contributed by atoms with E-state index in [1.807, 2.05) is 12.3 Å². The molecule has 0 aliphatic heterocycles.